The van der Waals surface area contributed by atoms with Crippen LogP contribution in [0.25, 0.3) is 16.1 Å². The molecular formula is C22H21FN4OS. The van der Waals surface area contributed by atoms with E-state index in [1.165, 1.54) is 12.1 Å². The van der Waals surface area contributed by atoms with Crippen LogP contribution in [0, 0.1) is 12.7 Å². The highest BCUT2D eigenvalue weighted by atomic mass is 32.1. The van der Waals surface area contributed by atoms with Gasteiger partial charge in [0.15, 0.2) is 5.13 Å². The molecule has 0 aliphatic heterocycles. The van der Waals surface area contributed by atoms with Crippen LogP contribution in [-0.2, 0) is 0 Å². The van der Waals surface area contributed by atoms with Gasteiger partial charge < -0.3 is 14.6 Å². The van der Waals surface area contributed by atoms with E-state index in [1.54, 1.807) is 36.9 Å². The summed E-state index contributed by atoms with van der Waals surface area (Å²) in [6, 6.07) is 12.6. The fourth-order valence-corrected chi connectivity index (χ4v) is 3.99. The number of anilines is 1. The molecular weight excluding hydrogens is 387 g/mol. The predicted octanol–water partition coefficient (Wildman–Crippen LogP) is 5.63. The number of aryl methyl sites for hydroxylation is 1. The van der Waals surface area contributed by atoms with Crippen molar-refractivity contribution in [1.82, 2.24) is 14.5 Å². The molecule has 29 heavy (non-hydrogen) atoms. The normalized spacial score (nSPS) is 12.0. The molecule has 148 valence electrons. The number of thiazole rings is 1. The third kappa shape index (κ3) is 4.14. The third-order valence-corrected chi connectivity index (χ3v) is 5.65. The molecule has 0 radical (unpaired) electrons. The summed E-state index contributed by atoms with van der Waals surface area (Å²) in [5.74, 6) is 0.531. The smallest absolute Gasteiger partial charge is 0.183 e. The Morgan fingerprint density at radius 1 is 1.14 bits per heavy atom. The number of nitrogens with one attached hydrogen (secondary N) is 1. The maximum atomic E-state index is 13.1. The number of nitrogens with zero attached hydrogens (tertiary/aromatic N) is 3. The van der Waals surface area contributed by atoms with Crippen molar-refractivity contribution in [2.24, 2.45) is 0 Å². The first-order valence-corrected chi connectivity index (χ1v) is 10.0. The Balaban J connectivity index is 1.55. The van der Waals surface area contributed by atoms with Gasteiger partial charge in [0.25, 0.3) is 0 Å². The van der Waals surface area contributed by atoms with Gasteiger partial charge in [-0.25, -0.2) is 14.4 Å². The highest BCUT2D eigenvalue weighted by molar-refractivity contribution is 7.18. The molecule has 0 aliphatic rings. The van der Waals surface area contributed by atoms with Crippen LogP contribution in [0.2, 0.25) is 0 Å². The lowest BCUT2D eigenvalue weighted by Crippen LogP contribution is -2.05. The minimum absolute atomic E-state index is 0.0241. The number of aromatic nitrogens is 3. The van der Waals surface area contributed by atoms with Crippen LogP contribution in [0.5, 0.6) is 5.75 Å². The van der Waals surface area contributed by atoms with Gasteiger partial charge in [0.1, 0.15) is 11.6 Å². The standard InChI is InChI=1S/C22H21FN4OS/c1-14-12-27(13-25-14)19-9-6-17(10-20(19)28-3)21-11-24-22(29-21)26-15(2)16-4-7-18(23)8-5-16/h4-13,15H,1-3H3,(H,24,26)/t15-/m0/s1. The summed E-state index contributed by atoms with van der Waals surface area (Å²) in [5.41, 5.74) is 3.92. The molecule has 1 atom stereocenters. The number of hydrogen-bond acceptors (Lipinski definition) is 5. The molecule has 1 N–H and O–H groups in total. The van der Waals surface area contributed by atoms with Crippen LogP contribution in [0.3, 0.4) is 0 Å². The fourth-order valence-electron chi connectivity index (χ4n) is 3.09. The van der Waals surface area contributed by atoms with E-state index in [0.29, 0.717) is 0 Å². The number of imidazole rings is 1. The average Bonchev–Trinajstić information content (AvgIpc) is 3.37. The molecule has 2 heterocycles. The summed E-state index contributed by atoms with van der Waals surface area (Å²) >= 11 is 1.57. The Morgan fingerprint density at radius 3 is 2.62 bits per heavy atom. The molecule has 4 aromatic rings. The van der Waals surface area contributed by atoms with Crippen LogP contribution in [-0.4, -0.2) is 21.6 Å². The van der Waals surface area contributed by atoms with Crippen LogP contribution in [0.1, 0.15) is 24.2 Å². The zero-order valence-corrected chi connectivity index (χ0v) is 17.2. The maximum absolute atomic E-state index is 13.1. The predicted molar refractivity (Wildman–Crippen MR) is 114 cm³/mol. The first-order valence-electron chi connectivity index (χ1n) is 9.20. The average molecular weight is 409 g/mol. The lowest BCUT2D eigenvalue weighted by molar-refractivity contribution is 0.413. The van der Waals surface area contributed by atoms with Crippen molar-refractivity contribution < 1.29 is 9.13 Å². The third-order valence-electron chi connectivity index (χ3n) is 4.67. The lowest BCUT2D eigenvalue weighted by atomic mass is 10.1. The summed E-state index contributed by atoms with van der Waals surface area (Å²) in [6.07, 6.45) is 5.59. The van der Waals surface area contributed by atoms with Crippen LogP contribution in [0.15, 0.2) is 61.2 Å². The molecule has 0 amide bonds. The van der Waals surface area contributed by atoms with Crippen LogP contribution < -0.4 is 10.1 Å². The van der Waals surface area contributed by atoms with Crippen molar-refractivity contribution in [2.75, 3.05) is 12.4 Å². The van der Waals surface area contributed by atoms with E-state index < -0.39 is 0 Å². The second-order valence-electron chi connectivity index (χ2n) is 6.76. The minimum atomic E-state index is -0.235. The molecule has 0 fully saturated rings. The van der Waals surface area contributed by atoms with Crippen molar-refractivity contribution in [3.63, 3.8) is 0 Å². The first kappa shape index (κ1) is 19.1. The van der Waals surface area contributed by atoms with Gasteiger partial charge in [0, 0.05) is 12.4 Å². The van der Waals surface area contributed by atoms with Gasteiger partial charge in [-0.2, -0.15) is 0 Å². The van der Waals surface area contributed by atoms with Gasteiger partial charge in [0.05, 0.1) is 35.7 Å². The number of benzene rings is 2. The van der Waals surface area contributed by atoms with E-state index in [-0.39, 0.29) is 11.9 Å². The summed E-state index contributed by atoms with van der Waals surface area (Å²) < 4.78 is 20.7. The molecule has 0 saturated carbocycles. The Morgan fingerprint density at radius 2 is 1.93 bits per heavy atom. The summed E-state index contributed by atoms with van der Waals surface area (Å²) in [7, 11) is 1.66. The van der Waals surface area contributed by atoms with Crippen molar-refractivity contribution in [3.05, 3.63) is 78.3 Å². The Hall–Kier alpha value is -3.19. The van der Waals surface area contributed by atoms with Gasteiger partial charge in [-0.15, -0.1) is 0 Å². The van der Waals surface area contributed by atoms with E-state index in [1.807, 2.05) is 49.0 Å². The molecule has 0 aliphatic carbocycles. The van der Waals surface area contributed by atoms with Gasteiger partial charge in [-0.1, -0.05) is 29.5 Å². The topological polar surface area (TPSA) is 52.0 Å². The molecule has 0 unspecified atom stereocenters. The molecule has 5 nitrogen and oxygen atoms in total. The van der Waals surface area contributed by atoms with Gasteiger partial charge in [0.2, 0.25) is 0 Å². The van der Waals surface area contributed by atoms with Crippen molar-refractivity contribution >= 4 is 16.5 Å². The monoisotopic (exact) mass is 408 g/mol. The van der Waals surface area contributed by atoms with E-state index >= 15 is 0 Å². The van der Waals surface area contributed by atoms with E-state index in [0.717, 1.165) is 38.3 Å². The Kier molecular flexibility index (Phi) is 5.31. The second kappa shape index (κ2) is 8.05. The highest BCUT2D eigenvalue weighted by Crippen LogP contribution is 2.35. The largest absolute Gasteiger partial charge is 0.495 e. The first-order chi connectivity index (χ1) is 14.0. The molecule has 2 aromatic carbocycles. The SMILES string of the molecule is COc1cc(-c2cnc(N[C@@H](C)c3ccc(F)cc3)s2)ccc1-n1cnc(C)c1. The number of halogens is 1. The lowest BCUT2D eigenvalue weighted by Gasteiger charge is -2.13. The number of methoxy groups -OCH3 is 1. The maximum Gasteiger partial charge on any atom is 0.183 e. The summed E-state index contributed by atoms with van der Waals surface area (Å²) in [5, 5.41) is 4.19. The van der Waals surface area contributed by atoms with Gasteiger partial charge in [-0.05, 0) is 49.2 Å². The highest BCUT2D eigenvalue weighted by Gasteiger charge is 2.12. The fraction of sp³-hybridized carbons (Fsp3) is 0.182. The van der Waals surface area contributed by atoms with Crippen molar-refractivity contribution in [2.45, 2.75) is 19.9 Å². The van der Waals surface area contributed by atoms with Crippen LogP contribution in [0.4, 0.5) is 9.52 Å². The summed E-state index contributed by atoms with van der Waals surface area (Å²) in [6.45, 7) is 3.98. The quantitative estimate of drug-likeness (QED) is 0.450. The molecule has 7 heteroatoms. The summed E-state index contributed by atoms with van der Waals surface area (Å²) in [4.78, 5) is 9.81. The molecule has 0 bridgehead atoms. The molecule has 0 saturated heterocycles. The van der Waals surface area contributed by atoms with Gasteiger partial charge >= 0.3 is 0 Å². The number of ether oxygens (including phenoxy) is 1. The zero-order chi connectivity index (χ0) is 20.4. The molecule has 2 aromatic heterocycles. The van der Waals surface area contributed by atoms with E-state index in [9.17, 15) is 4.39 Å². The molecule has 0 spiro atoms. The van der Waals surface area contributed by atoms with Crippen LogP contribution >= 0.6 is 11.3 Å². The second-order valence-corrected chi connectivity index (χ2v) is 7.79. The van der Waals surface area contributed by atoms with E-state index in [4.69, 9.17) is 4.74 Å². The van der Waals surface area contributed by atoms with Crippen molar-refractivity contribution in [3.8, 4) is 21.9 Å². The Labute approximate surface area is 172 Å². The number of hydrogen-bond donors (Lipinski definition) is 1. The van der Waals surface area contributed by atoms with E-state index in [2.05, 4.69) is 15.3 Å². The van der Waals surface area contributed by atoms with Crippen molar-refractivity contribution in [1.29, 1.82) is 0 Å². The zero-order valence-electron chi connectivity index (χ0n) is 16.4. The molecule has 4 rings (SSSR count). The minimum Gasteiger partial charge on any atom is -0.495 e. The Bertz CT molecular complexity index is 1120. The number of rotatable bonds is 6. The van der Waals surface area contributed by atoms with Gasteiger partial charge in [-0.3, -0.25) is 0 Å².